The van der Waals surface area contributed by atoms with Crippen LogP contribution in [0.5, 0.6) is 0 Å². The van der Waals surface area contributed by atoms with Gasteiger partial charge in [0.2, 0.25) is 5.91 Å². The molecule has 0 radical (unpaired) electrons. The third kappa shape index (κ3) is 4.86. The second kappa shape index (κ2) is 9.18. The highest BCUT2D eigenvalue weighted by atomic mass is 19.1. The lowest BCUT2D eigenvalue weighted by Gasteiger charge is -2.57. The molecule has 4 aliphatic carbocycles. The van der Waals surface area contributed by atoms with E-state index in [9.17, 15) is 9.18 Å². The maximum Gasteiger partial charge on any atom is 0.225 e. The van der Waals surface area contributed by atoms with Gasteiger partial charge in [-0.05, 0) is 104 Å². The first-order valence-corrected chi connectivity index (χ1v) is 13.0. The number of carbonyl (C=O) groups excluding carboxylic acids is 1. The summed E-state index contributed by atoms with van der Waals surface area (Å²) in [5, 5.41) is 3.08. The van der Waals surface area contributed by atoms with Crippen molar-refractivity contribution < 1.29 is 9.18 Å². The lowest BCUT2D eigenvalue weighted by atomic mass is 9.48. The van der Waals surface area contributed by atoms with Crippen LogP contribution in [0, 0.1) is 29.0 Å². The second-order valence-corrected chi connectivity index (χ2v) is 11.2. The summed E-state index contributed by atoms with van der Waals surface area (Å²) < 4.78 is 13.5. The molecular formula is C30H32FN3O. The third-order valence-corrected chi connectivity index (χ3v) is 8.43. The van der Waals surface area contributed by atoms with E-state index in [1.54, 1.807) is 18.3 Å². The van der Waals surface area contributed by atoms with Crippen LogP contribution in [0.4, 0.5) is 10.2 Å². The fourth-order valence-corrected chi connectivity index (χ4v) is 7.37. The van der Waals surface area contributed by atoms with Gasteiger partial charge < -0.3 is 5.32 Å². The normalized spacial score (nSPS) is 26.6. The number of halogens is 1. The number of anilines is 1. The van der Waals surface area contributed by atoms with Gasteiger partial charge in [-0.15, -0.1) is 0 Å². The van der Waals surface area contributed by atoms with Crippen molar-refractivity contribution in [3.8, 4) is 11.3 Å². The number of rotatable bonds is 7. The summed E-state index contributed by atoms with van der Waals surface area (Å²) in [6.45, 7) is 0. The van der Waals surface area contributed by atoms with Gasteiger partial charge in [0, 0.05) is 12.0 Å². The average molecular weight is 470 g/mol. The number of carbonyl (C=O) groups is 1. The number of hydrogen-bond donors (Lipinski definition) is 1. The predicted octanol–water partition coefficient (Wildman–Crippen LogP) is 6.61. The molecule has 180 valence electrons. The number of benzene rings is 2. The first-order chi connectivity index (χ1) is 17.0. The highest BCUT2D eigenvalue weighted by molar-refractivity contribution is 5.90. The topological polar surface area (TPSA) is 54.9 Å². The first kappa shape index (κ1) is 22.4. The minimum atomic E-state index is -0.266. The minimum absolute atomic E-state index is 0.0375. The zero-order valence-electron chi connectivity index (χ0n) is 20.1. The van der Waals surface area contributed by atoms with E-state index in [-0.39, 0.29) is 17.1 Å². The molecule has 5 heteroatoms. The third-order valence-electron chi connectivity index (χ3n) is 8.43. The molecule has 1 N–H and O–H groups in total. The SMILES string of the molecule is O=C(CCc1ccccc1)Nc1ncc(-c2ccc(F)cc2)nc1CC12CC3CC(CC(C3)C1)C2. The summed E-state index contributed by atoms with van der Waals surface area (Å²) in [5.74, 6) is 2.82. The quantitative estimate of drug-likeness (QED) is 0.423. The fourth-order valence-electron chi connectivity index (χ4n) is 7.37. The average Bonchev–Trinajstić information content (AvgIpc) is 2.84. The van der Waals surface area contributed by atoms with Crippen LogP contribution in [-0.2, 0) is 17.6 Å². The Bertz CT molecular complexity index is 1170. The maximum atomic E-state index is 13.5. The van der Waals surface area contributed by atoms with Crippen molar-refractivity contribution in [2.24, 2.45) is 23.2 Å². The van der Waals surface area contributed by atoms with Crippen LogP contribution in [0.15, 0.2) is 60.8 Å². The van der Waals surface area contributed by atoms with E-state index in [2.05, 4.69) is 10.3 Å². The van der Waals surface area contributed by atoms with Crippen LogP contribution in [0.2, 0.25) is 0 Å². The number of hydrogen-bond acceptors (Lipinski definition) is 3. The molecule has 4 saturated carbocycles. The van der Waals surface area contributed by atoms with Crippen molar-refractivity contribution in [1.29, 1.82) is 0 Å². The summed E-state index contributed by atoms with van der Waals surface area (Å²) in [6, 6.07) is 16.5. The van der Waals surface area contributed by atoms with E-state index >= 15 is 0 Å². The van der Waals surface area contributed by atoms with Gasteiger partial charge in [0.1, 0.15) is 5.82 Å². The Morgan fingerprint density at radius 1 is 0.943 bits per heavy atom. The van der Waals surface area contributed by atoms with Crippen molar-refractivity contribution in [1.82, 2.24) is 9.97 Å². The minimum Gasteiger partial charge on any atom is -0.309 e. The maximum absolute atomic E-state index is 13.5. The Hall–Kier alpha value is -3.08. The Morgan fingerprint density at radius 3 is 2.26 bits per heavy atom. The molecule has 1 heterocycles. The number of nitrogens with one attached hydrogen (secondary N) is 1. The van der Waals surface area contributed by atoms with Gasteiger partial charge in [0.25, 0.3) is 0 Å². The van der Waals surface area contributed by atoms with Crippen molar-refractivity contribution >= 4 is 11.7 Å². The monoisotopic (exact) mass is 469 g/mol. The Balaban J connectivity index is 1.26. The molecule has 0 saturated heterocycles. The summed E-state index contributed by atoms with van der Waals surface area (Å²) in [6.07, 6.45) is 11.6. The molecule has 2 aromatic carbocycles. The van der Waals surface area contributed by atoms with Gasteiger partial charge in [-0.25, -0.2) is 14.4 Å². The molecule has 4 fully saturated rings. The van der Waals surface area contributed by atoms with E-state index in [1.165, 1.54) is 50.7 Å². The molecule has 1 amide bonds. The van der Waals surface area contributed by atoms with Gasteiger partial charge in [-0.3, -0.25) is 4.79 Å². The zero-order chi connectivity index (χ0) is 23.8. The van der Waals surface area contributed by atoms with Crippen molar-refractivity contribution in [2.45, 2.75) is 57.8 Å². The second-order valence-electron chi connectivity index (χ2n) is 11.2. The van der Waals surface area contributed by atoms with Crippen LogP contribution in [-0.4, -0.2) is 15.9 Å². The molecule has 0 aliphatic heterocycles. The smallest absolute Gasteiger partial charge is 0.225 e. The Kier molecular flexibility index (Phi) is 5.87. The molecule has 0 unspecified atom stereocenters. The van der Waals surface area contributed by atoms with Crippen LogP contribution >= 0.6 is 0 Å². The lowest BCUT2D eigenvalue weighted by Crippen LogP contribution is -2.47. The molecule has 0 atom stereocenters. The lowest BCUT2D eigenvalue weighted by molar-refractivity contribution is -0.116. The molecule has 4 nitrogen and oxygen atoms in total. The van der Waals surface area contributed by atoms with Crippen LogP contribution in [0.3, 0.4) is 0 Å². The number of nitrogens with zero attached hydrogens (tertiary/aromatic N) is 2. The highest BCUT2D eigenvalue weighted by Gasteiger charge is 2.51. The fraction of sp³-hybridized carbons (Fsp3) is 0.433. The summed E-state index contributed by atoms with van der Waals surface area (Å²) in [4.78, 5) is 22.6. The molecule has 4 aliphatic rings. The van der Waals surface area contributed by atoms with Gasteiger partial charge in [0.15, 0.2) is 5.82 Å². The van der Waals surface area contributed by atoms with Crippen LogP contribution in [0.25, 0.3) is 11.3 Å². The number of aryl methyl sites for hydroxylation is 1. The van der Waals surface area contributed by atoms with Crippen molar-refractivity contribution in [2.75, 3.05) is 5.32 Å². The zero-order valence-corrected chi connectivity index (χ0v) is 20.1. The first-order valence-electron chi connectivity index (χ1n) is 13.0. The van der Waals surface area contributed by atoms with Crippen LogP contribution in [0.1, 0.15) is 56.2 Å². The van der Waals surface area contributed by atoms with Gasteiger partial charge in [-0.1, -0.05) is 30.3 Å². The van der Waals surface area contributed by atoms with Crippen LogP contribution < -0.4 is 5.32 Å². The van der Waals surface area contributed by atoms with E-state index in [4.69, 9.17) is 4.98 Å². The molecule has 1 aromatic heterocycles. The molecule has 0 spiro atoms. The highest BCUT2D eigenvalue weighted by Crippen LogP contribution is 2.61. The Morgan fingerprint density at radius 2 is 1.60 bits per heavy atom. The molecule has 3 aromatic rings. The van der Waals surface area contributed by atoms with E-state index < -0.39 is 0 Å². The Labute approximate surface area is 206 Å². The summed E-state index contributed by atoms with van der Waals surface area (Å²) >= 11 is 0. The van der Waals surface area contributed by atoms with Crippen molar-refractivity contribution in [3.63, 3.8) is 0 Å². The molecule has 35 heavy (non-hydrogen) atoms. The van der Waals surface area contributed by atoms with E-state index in [1.807, 2.05) is 30.3 Å². The van der Waals surface area contributed by atoms with E-state index in [0.29, 0.717) is 18.7 Å². The largest absolute Gasteiger partial charge is 0.309 e. The molecular weight excluding hydrogens is 437 g/mol. The summed E-state index contributed by atoms with van der Waals surface area (Å²) in [5.41, 5.74) is 3.87. The number of amides is 1. The summed E-state index contributed by atoms with van der Waals surface area (Å²) in [7, 11) is 0. The number of aromatic nitrogens is 2. The van der Waals surface area contributed by atoms with Crippen molar-refractivity contribution in [3.05, 3.63) is 77.9 Å². The molecule has 7 rings (SSSR count). The van der Waals surface area contributed by atoms with Gasteiger partial charge in [0.05, 0.1) is 17.6 Å². The molecule has 4 bridgehead atoms. The van der Waals surface area contributed by atoms with E-state index in [0.717, 1.165) is 46.7 Å². The predicted molar refractivity (Wildman–Crippen MR) is 135 cm³/mol. The standard InChI is InChI=1S/C30H32FN3O/c31-25-9-7-24(8-10-25)27-19-32-29(34-28(35)11-6-20-4-2-1-3-5-20)26(33-27)18-30-15-21-12-22(16-30)14-23(13-21)17-30/h1-5,7-10,19,21-23H,6,11-18H2,(H,32,34,35). The van der Waals surface area contributed by atoms with Gasteiger partial charge in [-0.2, -0.15) is 0 Å². The van der Waals surface area contributed by atoms with Gasteiger partial charge >= 0.3 is 0 Å².